The molecule has 6 heteroatoms. The minimum absolute atomic E-state index is 0.534. The first kappa shape index (κ1) is 14.2. The highest BCUT2D eigenvalue weighted by Crippen LogP contribution is 2.36. The zero-order valence-electron chi connectivity index (χ0n) is 11.6. The molecule has 0 atom stereocenters. The fourth-order valence-electron chi connectivity index (χ4n) is 2.54. The molecule has 5 nitrogen and oxygen atoms in total. The van der Waals surface area contributed by atoms with Crippen LogP contribution in [0.15, 0.2) is 0 Å². The quantitative estimate of drug-likeness (QED) is 0.899. The molecule has 1 N–H and O–H groups in total. The van der Waals surface area contributed by atoms with E-state index in [1.807, 2.05) is 6.92 Å². The molecular formula is C13H21N3O2S. The predicted molar refractivity (Wildman–Crippen MR) is 75.7 cm³/mol. The number of aromatic nitrogens is 2. The maximum Gasteiger partial charge on any atom is 0.309 e. The van der Waals surface area contributed by atoms with Crippen molar-refractivity contribution in [1.82, 2.24) is 9.36 Å². The van der Waals surface area contributed by atoms with Gasteiger partial charge in [-0.3, -0.25) is 4.79 Å². The van der Waals surface area contributed by atoms with Gasteiger partial charge in [0.25, 0.3) is 0 Å². The van der Waals surface area contributed by atoms with Crippen molar-refractivity contribution in [3.8, 4) is 0 Å². The number of nitrogens with zero attached hydrogens (tertiary/aromatic N) is 3. The van der Waals surface area contributed by atoms with Gasteiger partial charge in [0.05, 0.1) is 5.41 Å². The Kier molecular flexibility index (Phi) is 4.39. The Labute approximate surface area is 117 Å². The summed E-state index contributed by atoms with van der Waals surface area (Å²) in [5.41, 5.74) is -0.534. The number of carboxylic acid groups (broad SMARTS) is 1. The monoisotopic (exact) mass is 283 g/mol. The van der Waals surface area contributed by atoms with Crippen LogP contribution in [0.1, 0.15) is 45.4 Å². The van der Waals surface area contributed by atoms with Crippen molar-refractivity contribution in [3.05, 3.63) is 5.82 Å². The summed E-state index contributed by atoms with van der Waals surface area (Å²) >= 11 is 1.43. The Morgan fingerprint density at radius 2 is 2.11 bits per heavy atom. The summed E-state index contributed by atoms with van der Waals surface area (Å²) in [5, 5.41) is 10.3. The van der Waals surface area contributed by atoms with E-state index < -0.39 is 11.4 Å². The lowest BCUT2D eigenvalue weighted by atomic mass is 9.76. The van der Waals surface area contributed by atoms with Crippen molar-refractivity contribution < 1.29 is 9.90 Å². The second-order valence-corrected chi connectivity index (χ2v) is 5.90. The van der Waals surface area contributed by atoms with Gasteiger partial charge in [-0.1, -0.05) is 13.8 Å². The summed E-state index contributed by atoms with van der Waals surface area (Å²) in [5.74, 6) is 0.256. The van der Waals surface area contributed by atoms with Gasteiger partial charge in [-0.05, 0) is 25.7 Å². The number of aliphatic carboxylic acids is 1. The van der Waals surface area contributed by atoms with Crippen LogP contribution in [0.2, 0.25) is 0 Å². The van der Waals surface area contributed by atoms with Gasteiger partial charge in [-0.15, -0.1) is 0 Å². The van der Waals surface area contributed by atoms with Crippen LogP contribution in [0.4, 0.5) is 5.13 Å². The van der Waals surface area contributed by atoms with E-state index in [9.17, 15) is 9.90 Å². The average Bonchev–Trinajstić information content (AvgIpc) is 2.87. The molecule has 1 aliphatic heterocycles. The van der Waals surface area contributed by atoms with E-state index in [1.54, 1.807) is 0 Å². The molecule has 1 aromatic heterocycles. The lowest BCUT2D eigenvalue weighted by Gasteiger charge is -2.38. The van der Waals surface area contributed by atoms with E-state index in [1.165, 1.54) is 11.5 Å². The maximum absolute atomic E-state index is 11.4. The third-order valence-corrected chi connectivity index (χ3v) is 4.87. The van der Waals surface area contributed by atoms with E-state index in [0.29, 0.717) is 19.3 Å². The summed E-state index contributed by atoms with van der Waals surface area (Å²) in [4.78, 5) is 18.1. The normalized spacial score (nSPS) is 18.5. The molecule has 1 saturated heterocycles. The molecular weight excluding hydrogens is 262 g/mol. The molecule has 1 fully saturated rings. The van der Waals surface area contributed by atoms with Crippen molar-refractivity contribution in [2.45, 2.75) is 46.0 Å². The number of piperidine rings is 1. The molecule has 106 valence electrons. The van der Waals surface area contributed by atoms with Crippen LogP contribution >= 0.6 is 11.5 Å². The van der Waals surface area contributed by atoms with Crippen molar-refractivity contribution in [2.24, 2.45) is 5.41 Å². The molecule has 0 aliphatic carbocycles. The molecule has 2 rings (SSSR count). The van der Waals surface area contributed by atoms with Gasteiger partial charge in [0.2, 0.25) is 5.13 Å². The SMILES string of the molecule is CCCc1nsc(N2CCC(CC)(C(=O)O)CC2)n1. The number of rotatable bonds is 5. The highest BCUT2D eigenvalue weighted by molar-refractivity contribution is 7.09. The van der Waals surface area contributed by atoms with Gasteiger partial charge >= 0.3 is 5.97 Å². The van der Waals surface area contributed by atoms with E-state index >= 15 is 0 Å². The third kappa shape index (κ3) is 2.88. The zero-order valence-corrected chi connectivity index (χ0v) is 12.4. The fourth-order valence-corrected chi connectivity index (χ4v) is 3.31. The van der Waals surface area contributed by atoms with Crippen molar-refractivity contribution in [1.29, 1.82) is 0 Å². The molecule has 0 saturated carbocycles. The first-order valence-corrected chi connectivity index (χ1v) is 7.69. The van der Waals surface area contributed by atoms with Gasteiger partial charge in [-0.2, -0.15) is 4.37 Å². The number of aryl methyl sites for hydroxylation is 1. The van der Waals surface area contributed by atoms with Crippen LogP contribution in [0.25, 0.3) is 0 Å². The lowest BCUT2D eigenvalue weighted by molar-refractivity contribution is -0.150. The Morgan fingerprint density at radius 1 is 1.42 bits per heavy atom. The molecule has 0 radical (unpaired) electrons. The minimum atomic E-state index is -0.654. The maximum atomic E-state index is 11.4. The number of carbonyl (C=O) groups is 1. The molecule has 0 spiro atoms. The Balaban J connectivity index is 2.00. The summed E-state index contributed by atoms with van der Waals surface area (Å²) in [6.07, 6.45) is 4.06. The molecule has 0 aromatic carbocycles. The number of carboxylic acids is 1. The van der Waals surface area contributed by atoms with Gasteiger partial charge < -0.3 is 10.0 Å². The largest absolute Gasteiger partial charge is 0.481 e. The minimum Gasteiger partial charge on any atom is -0.481 e. The highest BCUT2D eigenvalue weighted by Gasteiger charge is 2.40. The number of hydrogen-bond acceptors (Lipinski definition) is 5. The van der Waals surface area contributed by atoms with Crippen LogP contribution in [0.3, 0.4) is 0 Å². The molecule has 0 amide bonds. The Morgan fingerprint density at radius 3 is 2.63 bits per heavy atom. The third-order valence-electron chi connectivity index (χ3n) is 4.05. The summed E-state index contributed by atoms with van der Waals surface area (Å²) < 4.78 is 4.35. The number of hydrogen-bond donors (Lipinski definition) is 1. The van der Waals surface area contributed by atoms with E-state index in [0.717, 1.165) is 36.9 Å². The lowest BCUT2D eigenvalue weighted by Crippen LogP contribution is -2.44. The molecule has 19 heavy (non-hydrogen) atoms. The average molecular weight is 283 g/mol. The second-order valence-electron chi connectivity index (χ2n) is 5.17. The fraction of sp³-hybridized carbons (Fsp3) is 0.769. The van der Waals surface area contributed by atoms with E-state index in [2.05, 4.69) is 21.2 Å². The molecule has 0 bridgehead atoms. The van der Waals surface area contributed by atoms with Gasteiger partial charge in [0.15, 0.2) is 0 Å². The second kappa shape index (κ2) is 5.86. The van der Waals surface area contributed by atoms with Crippen molar-refractivity contribution >= 4 is 22.6 Å². The van der Waals surface area contributed by atoms with Crippen LogP contribution in [-0.4, -0.2) is 33.5 Å². The predicted octanol–water partition coefficient (Wildman–Crippen LogP) is 2.57. The van der Waals surface area contributed by atoms with Crippen LogP contribution in [-0.2, 0) is 11.2 Å². The van der Waals surface area contributed by atoms with Crippen LogP contribution < -0.4 is 4.90 Å². The first-order chi connectivity index (χ1) is 9.11. The Hall–Kier alpha value is -1.17. The zero-order chi connectivity index (χ0) is 13.9. The molecule has 1 aromatic rings. The summed E-state index contributed by atoms with van der Waals surface area (Å²) in [6, 6.07) is 0. The summed E-state index contributed by atoms with van der Waals surface area (Å²) in [6.45, 7) is 5.61. The number of anilines is 1. The Bertz CT molecular complexity index is 439. The first-order valence-electron chi connectivity index (χ1n) is 6.92. The summed E-state index contributed by atoms with van der Waals surface area (Å²) in [7, 11) is 0. The van der Waals surface area contributed by atoms with Gasteiger partial charge in [-0.25, -0.2) is 4.98 Å². The van der Waals surface area contributed by atoms with Crippen LogP contribution in [0.5, 0.6) is 0 Å². The smallest absolute Gasteiger partial charge is 0.309 e. The highest BCUT2D eigenvalue weighted by atomic mass is 32.1. The standard InChI is InChI=1S/C13H21N3O2S/c1-3-5-10-14-12(19-15-10)16-8-6-13(4-2,7-9-16)11(17)18/h3-9H2,1-2H3,(H,17,18). The topological polar surface area (TPSA) is 66.3 Å². The van der Waals surface area contributed by atoms with Crippen molar-refractivity contribution in [2.75, 3.05) is 18.0 Å². The van der Waals surface area contributed by atoms with Crippen LogP contribution in [0, 0.1) is 5.41 Å². The van der Waals surface area contributed by atoms with E-state index in [-0.39, 0.29) is 0 Å². The molecule has 2 heterocycles. The van der Waals surface area contributed by atoms with Crippen molar-refractivity contribution in [3.63, 3.8) is 0 Å². The molecule has 0 unspecified atom stereocenters. The molecule has 1 aliphatic rings. The van der Waals surface area contributed by atoms with E-state index in [4.69, 9.17) is 0 Å². The van der Waals surface area contributed by atoms with Gasteiger partial charge in [0, 0.05) is 31.0 Å². The van der Waals surface area contributed by atoms with Gasteiger partial charge in [0.1, 0.15) is 5.82 Å².